The second kappa shape index (κ2) is 8.13. The molecule has 2 rings (SSSR count). The van der Waals surface area contributed by atoms with Gasteiger partial charge in [0.1, 0.15) is 0 Å². The Hall–Kier alpha value is -1.42. The summed E-state index contributed by atoms with van der Waals surface area (Å²) in [5, 5.41) is 6.46. The third-order valence-corrected chi connectivity index (χ3v) is 4.60. The molecule has 1 fully saturated rings. The molecule has 1 aromatic rings. The summed E-state index contributed by atoms with van der Waals surface area (Å²) in [5.74, 6) is 1.73. The molecule has 0 bridgehead atoms. The van der Waals surface area contributed by atoms with Crippen LogP contribution >= 0.6 is 0 Å². The number of amides is 1. The van der Waals surface area contributed by atoms with Crippen molar-refractivity contribution in [2.24, 2.45) is 11.8 Å². The van der Waals surface area contributed by atoms with Crippen LogP contribution in [0.2, 0.25) is 0 Å². The monoisotopic (exact) mass is 289 g/mol. The van der Waals surface area contributed by atoms with Gasteiger partial charge in [0.25, 0.3) is 0 Å². The molecule has 3 atom stereocenters. The first-order valence-corrected chi connectivity index (χ1v) is 8.04. The number of rotatable bonds is 6. The number of hydrogen-bond donors (Lipinski definition) is 2. The van der Waals surface area contributed by atoms with Crippen molar-refractivity contribution in [2.75, 3.05) is 6.54 Å². The van der Waals surface area contributed by atoms with E-state index in [1.165, 1.54) is 19.3 Å². The first-order chi connectivity index (χ1) is 10.1. The van der Waals surface area contributed by atoms with Gasteiger partial charge in [-0.2, -0.15) is 0 Å². The van der Waals surface area contributed by atoms with Crippen molar-refractivity contribution in [1.29, 1.82) is 0 Å². The van der Waals surface area contributed by atoms with Gasteiger partial charge in [0.15, 0.2) is 0 Å². The average molecular weight is 289 g/mol. The summed E-state index contributed by atoms with van der Waals surface area (Å²) in [6, 6.07) is 4.44. The van der Waals surface area contributed by atoms with Crippen LogP contribution in [0.5, 0.6) is 0 Å². The Kier molecular flexibility index (Phi) is 6.18. The highest BCUT2D eigenvalue weighted by atomic mass is 16.1. The first-order valence-electron chi connectivity index (χ1n) is 8.04. The fraction of sp³-hybridized carbons (Fsp3) is 0.647. The van der Waals surface area contributed by atoms with Gasteiger partial charge in [-0.05, 0) is 42.7 Å². The highest BCUT2D eigenvalue weighted by Gasteiger charge is 2.23. The Labute approximate surface area is 127 Å². The quantitative estimate of drug-likeness (QED) is 0.846. The maximum absolute atomic E-state index is 11.8. The third-order valence-electron chi connectivity index (χ3n) is 4.60. The van der Waals surface area contributed by atoms with Crippen LogP contribution in [-0.2, 0) is 11.3 Å². The molecule has 0 aliphatic heterocycles. The minimum absolute atomic E-state index is 0.101. The zero-order valence-electron chi connectivity index (χ0n) is 13.1. The van der Waals surface area contributed by atoms with Gasteiger partial charge < -0.3 is 10.6 Å². The molecule has 1 aromatic heterocycles. The molecule has 116 valence electrons. The highest BCUT2D eigenvalue weighted by molar-refractivity contribution is 5.76. The molecule has 0 saturated heterocycles. The van der Waals surface area contributed by atoms with Gasteiger partial charge in [0.2, 0.25) is 5.91 Å². The molecule has 1 amide bonds. The predicted octanol–water partition coefficient (Wildman–Crippen LogP) is 2.50. The van der Waals surface area contributed by atoms with E-state index < -0.39 is 0 Å². The van der Waals surface area contributed by atoms with Crippen LogP contribution in [0.1, 0.15) is 45.1 Å². The summed E-state index contributed by atoms with van der Waals surface area (Å²) in [7, 11) is 0. The van der Waals surface area contributed by atoms with Crippen LogP contribution in [0, 0.1) is 11.8 Å². The topological polar surface area (TPSA) is 54.0 Å². The molecule has 1 saturated carbocycles. The Bertz CT molecular complexity index is 435. The molecule has 4 nitrogen and oxygen atoms in total. The van der Waals surface area contributed by atoms with Gasteiger partial charge >= 0.3 is 0 Å². The molecule has 0 aromatic carbocycles. The van der Waals surface area contributed by atoms with Crippen LogP contribution in [0.4, 0.5) is 0 Å². The fourth-order valence-corrected chi connectivity index (χ4v) is 2.91. The smallest absolute Gasteiger partial charge is 0.221 e. The van der Waals surface area contributed by atoms with E-state index in [2.05, 4.69) is 29.5 Å². The molecule has 2 N–H and O–H groups in total. The SMILES string of the molecule is C[C@@H]1CC[C@@H](NCCC(=O)NCc2cccnc2)C[C@@H]1C. The van der Waals surface area contributed by atoms with E-state index in [0.29, 0.717) is 19.0 Å². The largest absolute Gasteiger partial charge is 0.352 e. The van der Waals surface area contributed by atoms with Crippen LogP contribution in [-0.4, -0.2) is 23.5 Å². The van der Waals surface area contributed by atoms with Crippen molar-refractivity contribution in [3.63, 3.8) is 0 Å². The van der Waals surface area contributed by atoms with E-state index in [1.807, 2.05) is 12.1 Å². The highest BCUT2D eigenvalue weighted by Crippen LogP contribution is 2.29. The summed E-state index contributed by atoms with van der Waals surface area (Å²) in [6.07, 6.45) is 7.83. The zero-order chi connectivity index (χ0) is 15.1. The van der Waals surface area contributed by atoms with E-state index in [-0.39, 0.29) is 5.91 Å². The van der Waals surface area contributed by atoms with Crippen molar-refractivity contribution in [3.8, 4) is 0 Å². The van der Waals surface area contributed by atoms with Crippen LogP contribution < -0.4 is 10.6 Å². The summed E-state index contributed by atoms with van der Waals surface area (Å²) in [5.41, 5.74) is 1.04. The number of hydrogen-bond acceptors (Lipinski definition) is 3. The Morgan fingerprint density at radius 2 is 2.19 bits per heavy atom. The van der Waals surface area contributed by atoms with Gasteiger partial charge in [-0.1, -0.05) is 19.9 Å². The minimum Gasteiger partial charge on any atom is -0.352 e. The van der Waals surface area contributed by atoms with Crippen molar-refractivity contribution in [3.05, 3.63) is 30.1 Å². The average Bonchev–Trinajstić information content (AvgIpc) is 2.50. The number of nitrogens with one attached hydrogen (secondary N) is 2. The maximum atomic E-state index is 11.8. The van der Waals surface area contributed by atoms with Gasteiger partial charge in [-0.25, -0.2) is 0 Å². The number of aromatic nitrogens is 1. The lowest BCUT2D eigenvalue weighted by molar-refractivity contribution is -0.121. The van der Waals surface area contributed by atoms with Gasteiger partial charge in [-0.3, -0.25) is 9.78 Å². The second-order valence-electron chi connectivity index (χ2n) is 6.31. The molecule has 0 unspecified atom stereocenters. The van der Waals surface area contributed by atoms with Gasteiger partial charge in [0, 0.05) is 37.9 Å². The van der Waals surface area contributed by atoms with Crippen molar-refractivity contribution < 1.29 is 4.79 Å². The first kappa shape index (κ1) is 16.0. The van der Waals surface area contributed by atoms with E-state index >= 15 is 0 Å². The van der Waals surface area contributed by atoms with E-state index in [9.17, 15) is 4.79 Å². The van der Waals surface area contributed by atoms with E-state index in [0.717, 1.165) is 23.9 Å². The lowest BCUT2D eigenvalue weighted by Gasteiger charge is -2.32. The molecular formula is C17H27N3O. The number of nitrogens with zero attached hydrogens (tertiary/aromatic N) is 1. The van der Waals surface area contributed by atoms with Gasteiger partial charge in [0.05, 0.1) is 0 Å². The molecule has 0 spiro atoms. The summed E-state index contributed by atoms with van der Waals surface area (Å²) in [6.45, 7) is 6.00. The summed E-state index contributed by atoms with van der Waals surface area (Å²) in [4.78, 5) is 15.8. The number of carbonyl (C=O) groups is 1. The molecule has 0 radical (unpaired) electrons. The summed E-state index contributed by atoms with van der Waals surface area (Å²) >= 11 is 0. The van der Waals surface area contributed by atoms with Crippen molar-refractivity contribution >= 4 is 5.91 Å². The van der Waals surface area contributed by atoms with Crippen LogP contribution in [0.3, 0.4) is 0 Å². The predicted molar refractivity (Wildman–Crippen MR) is 84.7 cm³/mol. The molecule has 1 heterocycles. The molecule has 4 heteroatoms. The van der Waals surface area contributed by atoms with E-state index in [4.69, 9.17) is 0 Å². The number of carbonyl (C=O) groups excluding carboxylic acids is 1. The molecule has 21 heavy (non-hydrogen) atoms. The van der Waals surface area contributed by atoms with E-state index in [1.54, 1.807) is 12.4 Å². The zero-order valence-corrected chi connectivity index (χ0v) is 13.1. The van der Waals surface area contributed by atoms with Crippen molar-refractivity contribution in [2.45, 2.75) is 52.1 Å². The van der Waals surface area contributed by atoms with Crippen LogP contribution in [0.25, 0.3) is 0 Å². The maximum Gasteiger partial charge on any atom is 0.221 e. The molecule has 1 aliphatic carbocycles. The van der Waals surface area contributed by atoms with Gasteiger partial charge in [-0.15, -0.1) is 0 Å². The minimum atomic E-state index is 0.101. The fourth-order valence-electron chi connectivity index (χ4n) is 2.91. The Morgan fingerprint density at radius 3 is 2.90 bits per heavy atom. The normalized spacial score (nSPS) is 25.5. The van der Waals surface area contributed by atoms with Crippen molar-refractivity contribution in [1.82, 2.24) is 15.6 Å². The van der Waals surface area contributed by atoms with Crippen LogP contribution in [0.15, 0.2) is 24.5 Å². The Morgan fingerprint density at radius 1 is 1.33 bits per heavy atom. The Balaban J connectivity index is 1.59. The standard InChI is InChI=1S/C17H27N3O/c1-13-5-6-16(10-14(13)2)19-9-7-17(21)20-12-15-4-3-8-18-11-15/h3-4,8,11,13-14,16,19H,5-7,9-10,12H2,1-2H3,(H,20,21)/t13-,14+,16-/m1/s1. The third kappa shape index (κ3) is 5.46. The number of pyridine rings is 1. The lowest BCUT2D eigenvalue weighted by atomic mass is 9.79. The molecule has 1 aliphatic rings. The second-order valence-corrected chi connectivity index (χ2v) is 6.31. The lowest BCUT2D eigenvalue weighted by Crippen LogP contribution is -2.38. The summed E-state index contributed by atoms with van der Waals surface area (Å²) < 4.78 is 0. The molecular weight excluding hydrogens is 262 g/mol.